The predicted molar refractivity (Wildman–Crippen MR) is 147 cm³/mol. The van der Waals surface area contributed by atoms with Gasteiger partial charge in [-0.3, -0.25) is 14.4 Å². The molecule has 5 rings (SSSR count). The van der Waals surface area contributed by atoms with Gasteiger partial charge in [0, 0.05) is 17.3 Å². The fraction of sp³-hybridized carbons (Fsp3) is 0.433. The lowest BCUT2D eigenvalue weighted by Crippen LogP contribution is -2.40. The van der Waals surface area contributed by atoms with Crippen LogP contribution >= 0.6 is 0 Å². The van der Waals surface area contributed by atoms with E-state index in [0.717, 1.165) is 10.9 Å². The van der Waals surface area contributed by atoms with E-state index in [1.807, 2.05) is 24.3 Å². The second-order valence-electron chi connectivity index (χ2n) is 10.6. The van der Waals surface area contributed by atoms with Gasteiger partial charge in [-0.15, -0.1) is 0 Å². The van der Waals surface area contributed by atoms with Gasteiger partial charge in [0.2, 0.25) is 5.91 Å². The summed E-state index contributed by atoms with van der Waals surface area (Å²) in [4.78, 5) is 41.9. The van der Waals surface area contributed by atoms with Gasteiger partial charge >= 0.3 is 5.97 Å². The molecule has 1 aliphatic carbocycles. The summed E-state index contributed by atoms with van der Waals surface area (Å²) >= 11 is 0. The first-order chi connectivity index (χ1) is 19.3. The summed E-state index contributed by atoms with van der Waals surface area (Å²) in [6, 6.07) is 14.2. The fourth-order valence-electron chi connectivity index (χ4n) is 5.66. The number of hydrogen-bond donors (Lipinski definition) is 3. The van der Waals surface area contributed by atoms with Crippen molar-refractivity contribution < 1.29 is 33.4 Å². The molecule has 10 heteroatoms. The molecule has 1 saturated carbocycles. The molecule has 2 aromatic carbocycles. The number of hydrogen-bond acceptors (Lipinski definition) is 5. The average molecular weight is 552 g/mol. The van der Waals surface area contributed by atoms with E-state index in [1.54, 1.807) is 29.2 Å². The van der Waals surface area contributed by atoms with Gasteiger partial charge in [-0.05, 0) is 55.5 Å². The number of aliphatic carboxylic acids is 1. The second kappa shape index (κ2) is 12.1. The molecule has 40 heavy (non-hydrogen) atoms. The standard InChI is InChI=1S/C30H34FN3O6/c1-39-27-12-18(6-11-25(27)33-29(36)26-14-20-4-2-3-5-24(20)32-26)13-28(35)34-16-21(31)15-22(34)17-40-23-9-7-19(8-10-23)30(37)38/h2-6,11-12,14,19,21-23,32H,7-10,13,15-17H2,1H3,(H,33,36)(H,37,38)/t19-,21-,22-,23-/m0/s1. The van der Waals surface area contributed by atoms with Crippen LogP contribution in [0.25, 0.3) is 10.9 Å². The first-order valence-corrected chi connectivity index (χ1v) is 13.6. The van der Waals surface area contributed by atoms with E-state index in [1.165, 1.54) is 7.11 Å². The largest absolute Gasteiger partial charge is 0.495 e. The van der Waals surface area contributed by atoms with Crippen molar-refractivity contribution in [3.8, 4) is 5.75 Å². The van der Waals surface area contributed by atoms with Crippen molar-refractivity contribution in [2.45, 2.75) is 56.8 Å². The Kier molecular flexibility index (Phi) is 8.35. The Morgan fingerprint density at radius 3 is 2.60 bits per heavy atom. The smallest absolute Gasteiger partial charge is 0.306 e. The molecule has 1 aromatic heterocycles. The number of halogens is 1. The van der Waals surface area contributed by atoms with E-state index in [4.69, 9.17) is 9.47 Å². The highest BCUT2D eigenvalue weighted by atomic mass is 19.1. The molecule has 0 unspecified atom stereocenters. The van der Waals surface area contributed by atoms with Crippen LogP contribution in [0.5, 0.6) is 5.75 Å². The van der Waals surface area contributed by atoms with Crippen molar-refractivity contribution in [1.82, 2.24) is 9.88 Å². The topological polar surface area (TPSA) is 121 Å². The molecule has 0 radical (unpaired) electrons. The minimum absolute atomic E-state index is 0.0222. The molecule has 212 valence electrons. The number of carbonyl (C=O) groups is 3. The Balaban J connectivity index is 1.19. The van der Waals surface area contributed by atoms with Crippen LogP contribution in [-0.2, 0) is 20.7 Å². The average Bonchev–Trinajstić information content (AvgIpc) is 3.56. The number of amides is 2. The lowest BCUT2D eigenvalue weighted by Gasteiger charge is -2.29. The van der Waals surface area contributed by atoms with E-state index < -0.39 is 12.1 Å². The zero-order valence-electron chi connectivity index (χ0n) is 22.4. The summed E-state index contributed by atoms with van der Waals surface area (Å²) in [5.41, 5.74) is 2.43. The van der Waals surface area contributed by atoms with E-state index in [2.05, 4.69) is 10.3 Å². The number of aromatic nitrogens is 1. The lowest BCUT2D eigenvalue weighted by molar-refractivity contribution is -0.144. The van der Waals surface area contributed by atoms with Crippen LogP contribution in [0.15, 0.2) is 48.5 Å². The molecule has 0 spiro atoms. The maximum Gasteiger partial charge on any atom is 0.306 e. The van der Waals surface area contributed by atoms with Gasteiger partial charge in [-0.2, -0.15) is 0 Å². The molecule has 2 fully saturated rings. The van der Waals surface area contributed by atoms with Crippen LogP contribution in [0.2, 0.25) is 0 Å². The molecule has 2 atom stereocenters. The highest BCUT2D eigenvalue weighted by Gasteiger charge is 2.36. The maximum atomic E-state index is 14.4. The third-order valence-electron chi connectivity index (χ3n) is 7.88. The van der Waals surface area contributed by atoms with Crippen LogP contribution in [0.4, 0.5) is 10.1 Å². The highest BCUT2D eigenvalue weighted by Crippen LogP contribution is 2.30. The number of fused-ring (bicyclic) bond motifs is 1. The SMILES string of the molecule is COc1cc(CC(=O)N2C[C@@H](F)C[C@H]2CO[C@H]2CC[C@H](C(=O)O)CC2)ccc1NC(=O)c1cc2ccccc2[nH]1. The maximum absolute atomic E-state index is 14.4. The molecule has 9 nitrogen and oxygen atoms in total. The molecule has 2 amide bonds. The number of H-pyrrole nitrogens is 1. The third-order valence-corrected chi connectivity index (χ3v) is 7.88. The number of carboxylic acid groups (broad SMARTS) is 1. The van der Waals surface area contributed by atoms with Gasteiger partial charge in [-0.1, -0.05) is 24.3 Å². The summed E-state index contributed by atoms with van der Waals surface area (Å²) in [6.07, 6.45) is 1.54. The molecule has 1 aliphatic heterocycles. The van der Waals surface area contributed by atoms with Gasteiger partial charge in [0.15, 0.2) is 0 Å². The number of nitrogens with one attached hydrogen (secondary N) is 2. The highest BCUT2D eigenvalue weighted by molar-refractivity contribution is 6.06. The molecule has 2 aliphatic rings. The van der Waals surface area contributed by atoms with Gasteiger partial charge < -0.3 is 29.8 Å². The van der Waals surface area contributed by atoms with Crippen molar-refractivity contribution >= 4 is 34.4 Å². The zero-order valence-corrected chi connectivity index (χ0v) is 22.4. The summed E-state index contributed by atoms with van der Waals surface area (Å²) in [5.74, 6) is -1.21. The summed E-state index contributed by atoms with van der Waals surface area (Å²) < 4.78 is 25.8. The minimum atomic E-state index is -1.11. The summed E-state index contributed by atoms with van der Waals surface area (Å²) in [7, 11) is 1.49. The second-order valence-corrected chi connectivity index (χ2v) is 10.6. The van der Waals surface area contributed by atoms with Crippen molar-refractivity contribution in [1.29, 1.82) is 0 Å². The van der Waals surface area contributed by atoms with Crippen molar-refractivity contribution in [3.63, 3.8) is 0 Å². The number of likely N-dealkylation sites (tertiary alicyclic amines) is 1. The number of anilines is 1. The fourth-order valence-corrected chi connectivity index (χ4v) is 5.66. The van der Waals surface area contributed by atoms with Crippen LogP contribution < -0.4 is 10.1 Å². The predicted octanol–water partition coefficient (Wildman–Crippen LogP) is 4.57. The van der Waals surface area contributed by atoms with Gasteiger partial charge in [-0.25, -0.2) is 4.39 Å². The van der Waals surface area contributed by atoms with Crippen molar-refractivity contribution in [3.05, 3.63) is 59.8 Å². The monoisotopic (exact) mass is 551 g/mol. The molecule has 2 heterocycles. The van der Waals surface area contributed by atoms with Crippen LogP contribution in [0, 0.1) is 5.92 Å². The molecule has 3 N–H and O–H groups in total. The van der Waals surface area contributed by atoms with Gasteiger partial charge in [0.25, 0.3) is 5.91 Å². The molecule has 1 saturated heterocycles. The zero-order chi connectivity index (χ0) is 28.2. The number of ether oxygens (including phenoxy) is 2. The number of alkyl halides is 1. The van der Waals surface area contributed by atoms with E-state index in [0.29, 0.717) is 48.4 Å². The molecule has 0 bridgehead atoms. The number of carbonyl (C=O) groups excluding carboxylic acids is 2. The Hall–Kier alpha value is -3.92. The first-order valence-electron chi connectivity index (χ1n) is 13.6. The Morgan fingerprint density at radius 2 is 1.88 bits per heavy atom. The molecular weight excluding hydrogens is 517 g/mol. The lowest BCUT2D eigenvalue weighted by atomic mass is 9.87. The number of rotatable bonds is 9. The van der Waals surface area contributed by atoms with Crippen molar-refractivity contribution in [2.75, 3.05) is 25.6 Å². The molecular formula is C30H34FN3O6. The van der Waals surface area contributed by atoms with E-state index in [9.17, 15) is 23.9 Å². The Morgan fingerprint density at radius 1 is 1.10 bits per heavy atom. The summed E-state index contributed by atoms with van der Waals surface area (Å²) in [5, 5.41) is 13.0. The number of para-hydroxylation sites is 1. The van der Waals surface area contributed by atoms with E-state index in [-0.39, 0.29) is 55.9 Å². The summed E-state index contributed by atoms with van der Waals surface area (Å²) in [6.45, 7) is 0.255. The number of methoxy groups -OCH3 is 1. The first kappa shape index (κ1) is 27.6. The van der Waals surface area contributed by atoms with E-state index >= 15 is 0 Å². The van der Waals surface area contributed by atoms with Gasteiger partial charge in [0.1, 0.15) is 17.6 Å². The van der Waals surface area contributed by atoms with Crippen LogP contribution in [-0.4, -0.2) is 71.4 Å². The Labute approximate surface area is 231 Å². The van der Waals surface area contributed by atoms with Crippen LogP contribution in [0.3, 0.4) is 0 Å². The number of benzene rings is 2. The quantitative estimate of drug-likeness (QED) is 0.358. The molecule has 3 aromatic rings. The number of nitrogens with zero attached hydrogens (tertiary/aromatic N) is 1. The van der Waals surface area contributed by atoms with Crippen LogP contribution in [0.1, 0.15) is 48.2 Å². The Bertz CT molecular complexity index is 1350. The van der Waals surface area contributed by atoms with Gasteiger partial charge in [0.05, 0.1) is 50.4 Å². The number of aromatic amines is 1. The van der Waals surface area contributed by atoms with Crippen molar-refractivity contribution in [2.24, 2.45) is 5.92 Å². The number of carboxylic acids is 1. The normalized spacial score (nSPS) is 22.8. The third kappa shape index (κ3) is 6.28. The minimum Gasteiger partial charge on any atom is -0.495 e.